The second-order valence-corrected chi connectivity index (χ2v) is 5.79. The zero-order chi connectivity index (χ0) is 11.3. The van der Waals surface area contributed by atoms with Gasteiger partial charge in [-0.25, -0.2) is 0 Å². The van der Waals surface area contributed by atoms with Gasteiger partial charge >= 0.3 is 0 Å². The standard InChI is InChI=1S/C12H20N2O2/c13-12(4-1-5-12)11(16)14-6-8-2-3-10(15)9(8)7-14/h8-10,15H,1-7,13H2. The van der Waals surface area contributed by atoms with Crippen molar-refractivity contribution in [2.75, 3.05) is 13.1 Å². The van der Waals surface area contributed by atoms with Gasteiger partial charge in [0.15, 0.2) is 0 Å². The molecule has 3 unspecified atom stereocenters. The van der Waals surface area contributed by atoms with Crippen LogP contribution in [0, 0.1) is 11.8 Å². The lowest BCUT2D eigenvalue weighted by atomic mass is 9.76. The molecule has 0 aromatic heterocycles. The van der Waals surface area contributed by atoms with Crippen molar-refractivity contribution in [2.24, 2.45) is 17.6 Å². The SMILES string of the molecule is NC1(C(=O)N2CC3CCC(O)C3C2)CCC1. The molecule has 0 bridgehead atoms. The first-order valence-corrected chi connectivity index (χ1v) is 6.36. The van der Waals surface area contributed by atoms with Crippen molar-refractivity contribution in [3.8, 4) is 0 Å². The summed E-state index contributed by atoms with van der Waals surface area (Å²) in [6, 6.07) is 0. The van der Waals surface area contributed by atoms with Gasteiger partial charge in [-0.05, 0) is 38.0 Å². The number of likely N-dealkylation sites (tertiary alicyclic amines) is 1. The van der Waals surface area contributed by atoms with E-state index < -0.39 is 5.54 Å². The van der Waals surface area contributed by atoms with Gasteiger partial charge in [0.1, 0.15) is 0 Å². The van der Waals surface area contributed by atoms with Crippen LogP contribution in [0.15, 0.2) is 0 Å². The number of hydrogen-bond donors (Lipinski definition) is 2. The molecule has 1 amide bonds. The molecule has 3 rings (SSSR count). The van der Waals surface area contributed by atoms with E-state index in [-0.39, 0.29) is 12.0 Å². The van der Waals surface area contributed by atoms with Crippen molar-refractivity contribution in [2.45, 2.75) is 43.7 Å². The summed E-state index contributed by atoms with van der Waals surface area (Å²) in [5, 5.41) is 9.80. The van der Waals surface area contributed by atoms with Crippen LogP contribution in [0.1, 0.15) is 32.1 Å². The predicted octanol–water partition coefficient (Wildman–Crippen LogP) is 0.0971. The van der Waals surface area contributed by atoms with Gasteiger partial charge in [-0.1, -0.05) is 0 Å². The number of nitrogens with two attached hydrogens (primary N) is 1. The monoisotopic (exact) mass is 224 g/mol. The molecule has 3 N–H and O–H groups in total. The summed E-state index contributed by atoms with van der Waals surface area (Å²) in [4.78, 5) is 14.1. The highest BCUT2D eigenvalue weighted by Crippen LogP contribution is 2.40. The van der Waals surface area contributed by atoms with Gasteiger partial charge in [-0.2, -0.15) is 0 Å². The minimum atomic E-state index is -0.566. The summed E-state index contributed by atoms with van der Waals surface area (Å²) < 4.78 is 0. The van der Waals surface area contributed by atoms with Gasteiger partial charge in [-0.3, -0.25) is 4.79 Å². The Hall–Kier alpha value is -0.610. The van der Waals surface area contributed by atoms with E-state index in [4.69, 9.17) is 5.73 Å². The van der Waals surface area contributed by atoms with Crippen LogP contribution in [-0.2, 0) is 4.79 Å². The highest BCUT2D eigenvalue weighted by molar-refractivity contribution is 5.87. The second-order valence-electron chi connectivity index (χ2n) is 5.79. The summed E-state index contributed by atoms with van der Waals surface area (Å²) in [5.41, 5.74) is 5.49. The number of hydrogen-bond acceptors (Lipinski definition) is 3. The molecule has 1 heterocycles. The van der Waals surface area contributed by atoms with Crippen molar-refractivity contribution in [3.63, 3.8) is 0 Å². The zero-order valence-electron chi connectivity index (χ0n) is 9.56. The minimum absolute atomic E-state index is 0.125. The fraction of sp³-hybridized carbons (Fsp3) is 0.917. The third-order valence-electron chi connectivity index (χ3n) is 4.78. The van der Waals surface area contributed by atoms with Gasteiger partial charge in [0, 0.05) is 19.0 Å². The molecule has 2 aliphatic carbocycles. The summed E-state index contributed by atoms with van der Waals surface area (Å²) in [6.45, 7) is 1.54. The molecular weight excluding hydrogens is 204 g/mol. The van der Waals surface area contributed by atoms with E-state index in [9.17, 15) is 9.90 Å². The van der Waals surface area contributed by atoms with Crippen LogP contribution >= 0.6 is 0 Å². The van der Waals surface area contributed by atoms with Crippen LogP contribution < -0.4 is 5.73 Å². The molecule has 1 saturated heterocycles. The third-order valence-corrected chi connectivity index (χ3v) is 4.78. The molecule has 0 aromatic rings. The largest absolute Gasteiger partial charge is 0.393 e. The zero-order valence-corrected chi connectivity index (χ0v) is 9.56. The smallest absolute Gasteiger partial charge is 0.242 e. The van der Waals surface area contributed by atoms with Gasteiger partial charge in [0.2, 0.25) is 5.91 Å². The first-order valence-electron chi connectivity index (χ1n) is 6.36. The lowest BCUT2D eigenvalue weighted by Gasteiger charge is -2.39. The highest BCUT2D eigenvalue weighted by Gasteiger charge is 2.49. The Morgan fingerprint density at radius 1 is 1.31 bits per heavy atom. The van der Waals surface area contributed by atoms with E-state index in [2.05, 4.69) is 0 Å². The number of rotatable bonds is 1. The van der Waals surface area contributed by atoms with Crippen molar-refractivity contribution in [1.29, 1.82) is 0 Å². The van der Waals surface area contributed by atoms with E-state index in [1.54, 1.807) is 0 Å². The first kappa shape index (κ1) is 10.5. The number of amides is 1. The topological polar surface area (TPSA) is 66.6 Å². The predicted molar refractivity (Wildman–Crippen MR) is 59.6 cm³/mol. The van der Waals surface area contributed by atoms with Crippen LogP contribution in [0.3, 0.4) is 0 Å². The first-order chi connectivity index (χ1) is 7.60. The maximum absolute atomic E-state index is 12.2. The Morgan fingerprint density at radius 2 is 2.06 bits per heavy atom. The van der Waals surface area contributed by atoms with E-state index in [1.807, 2.05) is 4.90 Å². The number of aliphatic hydroxyl groups excluding tert-OH is 1. The molecule has 4 heteroatoms. The Labute approximate surface area is 95.8 Å². The van der Waals surface area contributed by atoms with Gasteiger partial charge in [-0.15, -0.1) is 0 Å². The molecule has 0 radical (unpaired) electrons. The van der Waals surface area contributed by atoms with E-state index >= 15 is 0 Å². The number of carbonyl (C=O) groups excluding carboxylic acids is 1. The average molecular weight is 224 g/mol. The van der Waals surface area contributed by atoms with Gasteiger partial charge in [0.25, 0.3) is 0 Å². The lowest BCUT2D eigenvalue weighted by molar-refractivity contribution is -0.139. The summed E-state index contributed by atoms with van der Waals surface area (Å²) in [6.07, 6.45) is 4.52. The Morgan fingerprint density at radius 3 is 2.62 bits per heavy atom. The fourth-order valence-corrected chi connectivity index (χ4v) is 3.49. The van der Waals surface area contributed by atoms with Crippen molar-refractivity contribution >= 4 is 5.91 Å². The second kappa shape index (κ2) is 3.44. The molecule has 1 aliphatic heterocycles. The summed E-state index contributed by atoms with van der Waals surface area (Å²) in [5.74, 6) is 0.954. The lowest BCUT2D eigenvalue weighted by Crippen LogP contribution is -2.59. The third kappa shape index (κ3) is 1.39. The van der Waals surface area contributed by atoms with E-state index in [0.717, 1.165) is 45.2 Å². The van der Waals surface area contributed by atoms with E-state index in [0.29, 0.717) is 11.8 Å². The maximum Gasteiger partial charge on any atom is 0.242 e. The molecule has 3 atom stereocenters. The molecule has 4 nitrogen and oxygen atoms in total. The minimum Gasteiger partial charge on any atom is -0.393 e. The number of fused-ring (bicyclic) bond motifs is 1. The average Bonchev–Trinajstić information content (AvgIpc) is 2.77. The number of carbonyl (C=O) groups is 1. The van der Waals surface area contributed by atoms with Crippen LogP contribution in [-0.4, -0.2) is 40.6 Å². The van der Waals surface area contributed by atoms with Crippen molar-refractivity contribution in [3.05, 3.63) is 0 Å². The molecule has 0 aromatic carbocycles. The number of aliphatic hydroxyl groups is 1. The molecule has 90 valence electrons. The van der Waals surface area contributed by atoms with Gasteiger partial charge in [0.05, 0.1) is 11.6 Å². The summed E-state index contributed by atoms with van der Waals surface area (Å²) in [7, 11) is 0. The number of nitrogens with zero attached hydrogens (tertiary/aromatic N) is 1. The Balaban J connectivity index is 1.68. The molecule has 0 spiro atoms. The van der Waals surface area contributed by atoms with Gasteiger partial charge < -0.3 is 15.7 Å². The molecule has 16 heavy (non-hydrogen) atoms. The van der Waals surface area contributed by atoms with Crippen LogP contribution in [0.4, 0.5) is 0 Å². The van der Waals surface area contributed by atoms with Crippen LogP contribution in [0.25, 0.3) is 0 Å². The Kier molecular flexibility index (Phi) is 2.27. The fourth-order valence-electron chi connectivity index (χ4n) is 3.49. The van der Waals surface area contributed by atoms with Crippen molar-refractivity contribution in [1.82, 2.24) is 4.90 Å². The molecule has 3 fully saturated rings. The molecule has 2 saturated carbocycles. The molecular formula is C12H20N2O2. The van der Waals surface area contributed by atoms with Crippen LogP contribution in [0.5, 0.6) is 0 Å². The normalized spacial score (nSPS) is 40.6. The molecule has 3 aliphatic rings. The summed E-state index contributed by atoms with van der Waals surface area (Å²) >= 11 is 0. The quantitative estimate of drug-likeness (QED) is 0.663. The van der Waals surface area contributed by atoms with Crippen LogP contribution in [0.2, 0.25) is 0 Å². The Bertz CT molecular complexity index is 314. The van der Waals surface area contributed by atoms with E-state index in [1.165, 1.54) is 0 Å². The highest BCUT2D eigenvalue weighted by atomic mass is 16.3. The van der Waals surface area contributed by atoms with Crippen molar-refractivity contribution < 1.29 is 9.90 Å². The maximum atomic E-state index is 12.2.